The molecule has 1 aliphatic carbocycles. The molecule has 21 heavy (non-hydrogen) atoms. The molecule has 0 unspecified atom stereocenters. The molecule has 110 valence electrons. The number of aryl methyl sites for hydroxylation is 1. The second-order valence-electron chi connectivity index (χ2n) is 5.89. The number of carbonyl (C=O) groups excluding carboxylic acids is 1. The number of benzene rings is 1. The Hall–Kier alpha value is -1.81. The van der Waals surface area contributed by atoms with Crippen molar-refractivity contribution in [3.8, 4) is 0 Å². The maximum absolute atomic E-state index is 12.8. The van der Waals surface area contributed by atoms with Crippen LogP contribution in [-0.4, -0.2) is 17.9 Å². The van der Waals surface area contributed by atoms with Gasteiger partial charge in [-0.15, -0.1) is 11.3 Å². The van der Waals surface area contributed by atoms with Crippen molar-refractivity contribution in [3.63, 3.8) is 0 Å². The molecule has 1 fully saturated rings. The number of hydrogen-bond donors (Lipinski definition) is 1. The molecule has 1 heterocycles. The fraction of sp³-hybridized carbons (Fsp3) is 0.353. The van der Waals surface area contributed by atoms with Crippen molar-refractivity contribution in [1.82, 2.24) is 4.90 Å². The predicted molar refractivity (Wildman–Crippen MR) is 87.3 cm³/mol. The zero-order valence-electron chi connectivity index (χ0n) is 12.4. The van der Waals surface area contributed by atoms with E-state index >= 15 is 0 Å². The van der Waals surface area contributed by atoms with Gasteiger partial charge in [-0.05, 0) is 54.5 Å². The molecule has 3 nitrogen and oxygen atoms in total. The van der Waals surface area contributed by atoms with E-state index in [9.17, 15) is 4.79 Å². The normalized spacial score (nSPS) is 15.7. The van der Waals surface area contributed by atoms with Gasteiger partial charge in [0.2, 0.25) is 5.91 Å². The lowest BCUT2D eigenvalue weighted by Gasteiger charge is -2.24. The van der Waals surface area contributed by atoms with Crippen LogP contribution in [-0.2, 0) is 16.8 Å². The number of likely N-dealkylation sites (N-methyl/N-ethyl adjacent to an activating group) is 1. The number of anilines is 1. The van der Waals surface area contributed by atoms with Crippen LogP contribution in [0, 0.1) is 6.92 Å². The number of thiophene rings is 1. The van der Waals surface area contributed by atoms with Crippen LogP contribution in [0.5, 0.6) is 0 Å². The third kappa shape index (κ3) is 2.56. The average molecular weight is 300 g/mol. The Labute approximate surface area is 129 Å². The van der Waals surface area contributed by atoms with E-state index < -0.39 is 0 Å². The predicted octanol–water partition coefficient (Wildman–Crippen LogP) is 3.33. The Morgan fingerprint density at radius 2 is 1.95 bits per heavy atom. The van der Waals surface area contributed by atoms with Crippen LogP contribution in [0.4, 0.5) is 5.69 Å². The van der Waals surface area contributed by atoms with Crippen LogP contribution < -0.4 is 5.73 Å². The summed E-state index contributed by atoms with van der Waals surface area (Å²) in [6.07, 6.45) is 1.87. The monoisotopic (exact) mass is 300 g/mol. The summed E-state index contributed by atoms with van der Waals surface area (Å²) in [4.78, 5) is 16.0. The standard InChI is InChI=1S/C17H20N2OS/c1-12-7-10-21-15(12)11-19(2)16(20)17(8-9-17)13-3-5-14(18)6-4-13/h3-7,10H,8-9,11,18H2,1-2H3. The first-order valence-electron chi connectivity index (χ1n) is 7.17. The van der Waals surface area contributed by atoms with Gasteiger partial charge in [-0.3, -0.25) is 4.79 Å². The van der Waals surface area contributed by atoms with E-state index in [1.807, 2.05) is 36.2 Å². The summed E-state index contributed by atoms with van der Waals surface area (Å²) in [5, 5.41) is 2.08. The van der Waals surface area contributed by atoms with Gasteiger partial charge in [0.25, 0.3) is 0 Å². The molecule has 1 aliphatic rings. The van der Waals surface area contributed by atoms with Crippen LogP contribution in [0.1, 0.15) is 28.8 Å². The van der Waals surface area contributed by atoms with Crippen molar-refractivity contribution in [2.45, 2.75) is 31.7 Å². The smallest absolute Gasteiger partial charge is 0.233 e. The molecule has 4 heteroatoms. The van der Waals surface area contributed by atoms with Gasteiger partial charge >= 0.3 is 0 Å². The number of nitrogens with two attached hydrogens (primary N) is 1. The highest BCUT2D eigenvalue weighted by Crippen LogP contribution is 2.49. The van der Waals surface area contributed by atoms with Gasteiger partial charge in [0.1, 0.15) is 0 Å². The minimum Gasteiger partial charge on any atom is -0.399 e. The van der Waals surface area contributed by atoms with E-state index in [1.54, 1.807) is 11.3 Å². The van der Waals surface area contributed by atoms with E-state index in [-0.39, 0.29) is 11.3 Å². The number of amides is 1. The van der Waals surface area contributed by atoms with Crippen molar-refractivity contribution in [3.05, 3.63) is 51.7 Å². The lowest BCUT2D eigenvalue weighted by atomic mass is 9.94. The SMILES string of the molecule is Cc1ccsc1CN(C)C(=O)C1(c2ccc(N)cc2)CC1. The van der Waals surface area contributed by atoms with Crippen molar-refractivity contribution >= 4 is 22.9 Å². The quantitative estimate of drug-likeness (QED) is 0.880. The zero-order valence-corrected chi connectivity index (χ0v) is 13.2. The zero-order chi connectivity index (χ0) is 15.0. The Morgan fingerprint density at radius 3 is 2.48 bits per heavy atom. The molecule has 0 radical (unpaired) electrons. The number of rotatable bonds is 4. The summed E-state index contributed by atoms with van der Waals surface area (Å²) >= 11 is 1.71. The average Bonchev–Trinajstić information content (AvgIpc) is 3.19. The van der Waals surface area contributed by atoms with Crippen LogP contribution in [0.3, 0.4) is 0 Å². The summed E-state index contributed by atoms with van der Waals surface area (Å²) < 4.78 is 0. The molecule has 0 bridgehead atoms. The van der Waals surface area contributed by atoms with E-state index in [1.165, 1.54) is 10.4 Å². The fourth-order valence-corrected chi connectivity index (χ4v) is 3.73. The Morgan fingerprint density at radius 1 is 1.29 bits per heavy atom. The first-order valence-corrected chi connectivity index (χ1v) is 8.05. The first kappa shape index (κ1) is 14.1. The molecule has 1 amide bonds. The fourth-order valence-electron chi connectivity index (χ4n) is 2.77. The summed E-state index contributed by atoms with van der Waals surface area (Å²) in [7, 11) is 1.90. The summed E-state index contributed by atoms with van der Waals surface area (Å²) in [6.45, 7) is 2.79. The molecule has 1 aromatic carbocycles. The molecule has 1 saturated carbocycles. The maximum Gasteiger partial charge on any atom is 0.233 e. The molecule has 0 spiro atoms. The van der Waals surface area contributed by atoms with E-state index in [4.69, 9.17) is 5.73 Å². The third-order valence-corrected chi connectivity index (χ3v) is 5.33. The highest BCUT2D eigenvalue weighted by Gasteiger charge is 2.52. The van der Waals surface area contributed by atoms with E-state index in [2.05, 4.69) is 18.4 Å². The van der Waals surface area contributed by atoms with Crippen molar-refractivity contribution < 1.29 is 4.79 Å². The molecular weight excluding hydrogens is 280 g/mol. The summed E-state index contributed by atoms with van der Waals surface area (Å²) in [6, 6.07) is 9.85. The van der Waals surface area contributed by atoms with Gasteiger partial charge < -0.3 is 10.6 Å². The van der Waals surface area contributed by atoms with Crippen LogP contribution in [0.25, 0.3) is 0 Å². The minimum absolute atomic E-state index is 0.222. The molecule has 0 aliphatic heterocycles. The van der Waals surface area contributed by atoms with Gasteiger partial charge in [-0.25, -0.2) is 0 Å². The van der Waals surface area contributed by atoms with E-state index in [0.717, 1.165) is 24.1 Å². The maximum atomic E-state index is 12.8. The number of nitrogens with zero attached hydrogens (tertiary/aromatic N) is 1. The summed E-state index contributed by atoms with van der Waals surface area (Å²) in [5.41, 5.74) is 8.52. The number of nitrogen functional groups attached to an aromatic ring is 1. The molecule has 3 rings (SSSR count). The Bertz CT molecular complexity index is 656. The van der Waals surface area contributed by atoms with Gasteiger partial charge in [-0.2, -0.15) is 0 Å². The highest BCUT2D eigenvalue weighted by molar-refractivity contribution is 7.10. The molecule has 0 saturated heterocycles. The van der Waals surface area contributed by atoms with Crippen molar-refractivity contribution in [1.29, 1.82) is 0 Å². The van der Waals surface area contributed by atoms with Crippen molar-refractivity contribution in [2.24, 2.45) is 0 Å². The first-order chi connectivity index (χ1) is 10.0. The van der Waals surface area contributed by atoms with Gasteiger partial charge in [0, 0.05) is 17.6 Å². The van der Waals surface area contributed by atoms with Crippen LogP contribution in [0.15, 0.2) is 35.7 Å². The lowest BCUT2D eigenvalue weighted by Crippen LogP contribution is -2.36. The Balaban J connectivity index is 1.78. The second kappa shape index (κ2) is 5.19. The number of hydrogen-bond acceptors (Lipinski definition) is 3. The highest BCUT2D eigenvalue weighted by atomic mass is 32.1. The number of carbonyl (C=O) groups is 1. The molecule has 2 aromatic rings. The van der Waals surface area contributed by atoms with Crippen LogP contribution in [0.2, 0.25) is 0 Å². The molecule has 1 aromatic heterocycles. The second-order valence-corrected chi connectivity index (χ2v) is 6.89. The van der Waals surface area contributed by atoms with Gasteiger partial charge in [0.15, 0.2) is 0 Å². The topological polar surface area (TPSA) is 46.3 Å². The van der Waals surface area contributed by atoms with Gasteiger partial charge in [0.05, 0.1) is 12.0 Å². The molecule has 2 N–H and O–H groups in total. The summed E-state index contributed by atoms with van der Waals surface area (Å²) in [5.74, 6) is 0.222. The molecular formula is C17H20N2OS. The van der Waals surface area contributed by atoms with Gasteiger partial charge in [-0.1, -0.05) is 12.1 Å². The molecule has 0 atom stereocenters. The van der Waals surface area contributed by atoms with Crippen molar-refractivity contribution in [2.75, 3.05) is 12.8 Å². The lowest BCUT2D eigenvalue weighted by molar-refractivity contribution is -0.133. The van der Waals surface area contributed by atoms with E-state index in [0.29, 0.717) is 6.54 Å². The van der Waals surface area contributed by atoms with Crippen LogP contribution >= 0.6 is 11.3 Å². The largest absolute Gasteiger partial charge is 0.399 e. The third-order valence-electron chi connectivity index (χ3n) is 4.32. The Kier molecular flexibility index (Phi) is 3.49. The minimum atomic E-state index is -0.312.